The van der Waals surface area contributed by atoms with E-state index in [2.05, 4.69) is 10.2 Å². The molecule has 1 aromatic rings. The molecular weight excluding hydrogens is 324 g/mol. The number of anilines is 1. The second-order valence-electron chi connectivity index (χ2n) is 6.48. The molecular formula is C18H26N2O3S. The summed E-state index contributed by atoms with van der Waals surface area (Å²) >= 11 is 1.56. The number of amides is 1. The van der Waals surface area contributed by atoms with Crippen LogP contribution in [0.3, 0.4) is 0 Å². The normalized spacial score (nSPS) is 17.5. The summed E-state index contributed by atoms with van der Waals surface area (Å²) in [5.41, 5.74) is 1.70. The fourth-order valence-corrected chi connectivity index (χ4v) is 4.82. The van der Waals surface area contributed by atoms with E-state index in [4.69, 9.17) is 4.74 Å². The molecule has 0 aromatic carbocycles. The molecule has 0 spiro atoms. The van der Waals surface area contributed by atoms with Crippen molar-refractivity contribution in [2.75, 3.05) is 31.6 Å². The monoisotopic (exact) mass is 350 g/mol. The van der Waals surface area contributed by atoms with Crippen molar-refractivity contribution in [2.24, 2.45) is 0 Å². The van der Waals surface area contributed by atoms with Crippen molar-refractivity contribution >= 4 is 28.2 Å². The Balaban J connectivity index is 1.70. The van der Waals surface area contributed by atoms with Gasteiger partial charge in [-0.1, -0.05) is 0 Å². The summed E-state index contributed by atoms with van der Waals surface area (Å²) in [5.74, 6) is -0.308. The molecule has 0 atom stereocenters. The van der Waals surface area contributed by atoms with Crippen molar-refractivity contribution in [3.63, 3.8) is 0 Å². The average Bonchev–Trinajstić information content (AvgIpc) is 3.20. The maximum absolute atomic E-state index is 12.4. The molecule has 0 unspecified atom stereocenters. The van der Waals surface area contributed by atoms with Gasteiger partial charge in [0.2, 0.25) is 5.91 Å². The van der Waals surface area contributed by atoms with E-state index < -0.39 is 0 Å². The van der Waals surface area contributed by atoms with Crippen LogP contribution in [-0.2, 0) is 22.4 Å². The van der Waals surface area contributed by atoms with Crippen molar-refractivity contribution in [1.82, 2.24) is 4.90 Å². The Kier molecular flexibility index (Phi) is 5.89. The Labute approximate surface area is 147 Å². The first-order valence-electron chi connectivity index (χ1n) is 9.03. The summed E-state index contributed by atoms with van der Waals surface area (Å²) in [6, 6.07) is 0. The number of aryl methyl sites for hydroxylation is 1. The molecule has 1 N–H and O–H groups in total. The van der Waals surface area contributed by atoms with Gasteiger partial charge in [0.15, 0.2) is 0 Å². The number of hydrogen-bond donors (Lipinski definition) is 1. The Morgan fingerprint density at radius 3 is 2.67 bits per heavy atom. The average molecular weight is 350 g/mol. The molecule has 0 bridgehead atoms. The lowest BCUT2D eigenvalue weighted by Crippen LogP contribution is -2.25. The van der Waals surface area contributed by atoms with E-state index in [-0.39, 0.29) is 11.9 Å². The molecule has 24 heavy (non-hydrogen) atoms. The number of esters is 1. The van der Waals surface area contributed by atoms with Gasteiger partial charge in [-0.2, -0.15) is 0 Å². The quantitative estimate of drug-likeness (QED) is 0.800. The Bertz CT molecular complexity index is 606. The molecule has 0 saturated carbocycles. The minimum absolute atomic E-state index is 0.00829. The number of nitrogens with zero attached hydrogens (tertiary/aromatic N) is 1. The van der Waals surface area contributed by atoms with Crippen LogP contribution < -0.4 is 5.32 Å². The second kappa shape index (κ2) is 8.12. The fourth-order valence-electron chi connectivity index (χ4n) is 3.53. The highest BCUT2D eigenvalue weighted by atomic mass is 32.1. The van der Waals surface area contributed by atoms with E-state index in [1.165, 1.54) is 17.7 Å². The SMILES string of the molecule is CCOC(=O)c1c(NC(=O)CCN2CCCC2)sc2c1CCCC2. The van der Waals surface area contributed by atoms with Gasteiger partial charge in [-0.3, -0.25) is 4.79 Å². The van der Waals surface area contributed by atoms with Crippen LogP contribution >= 0.6 is 11.3 Å². The third kappa shape index (κ3) is 3.98. The van der Waals surface area contributed by atoms with Crippen molar-refractivity contribution in [3.05, 3.63) is 16.0 Å². The predicted octanol–water partition coefficient (Wildman–Crippen LogP) is 3.23. The lowest BCUT2D eigenvalue weighted by molar-refractivity contribution is -0.116. The van der Waals surface area contributed by atoms with E-state index in [9.17, 15) is 9.59 Å². The van der Waals surface area contributed by atoms with Crippen LogP contribution in [0.15, 0.2) is 0 Å². The van der Waals surface area contributed by atoms with E-state index in [1.54, 1.807) is 11.3 Å². The number of fused-ring (bicyclic) bond motifs is 1. The van der Waals surface area contributed by atoms with Gasteiger partial charge in [0, 0.05) is 17.8 Å². The van der Waals surface area contributed by atoms with Crippen LogP contribution in [0.25, 0.3) is 0 Å². The number of thiophene rings is 1. The van der Waals surface area contributed by atoms with E-state index in [0.717, 1.165) is 50.9 Å². The minimum atomic E-state index is -0.299. The molecule has 132 valence electrons. The van der Waals surface area contributed by atoms with E-state index in [1.807, 2.05) is 6.92 Å². The molecule has 3 rings (SSSR count). The van der Waals surface area contributed by atoms with E-state index in [0.29, 0.717) is 23.6 Å². The molecule has 1 amide bonds. The Morgan fingerprint density at radius 1 is 1.17 bits per heavy atom. The lowest BCUT2D eigenvalue weighted by atomic mass is 9.95. The number of ether oxygens (including phenoxy) is 1. The number of nitrogens with one attached hydrogen (secondary N) is 1. The van der Waals surface area contributed by atoms with Gasteiger partial charge in [-0.25, -0.2) is 4.79 Å². The summed E-state index contributed by atoms with van der Waals surface area (Å²) in [7, 11) is 0. The molecule has 1 saturated heterocycles. The maximum Gasteiger partial charge on any atom is 0.341 e. The van der Waals surface area contributed by atoms with Crippen molar-refractivity contribution in [2.45, 2.75) is 51.9 Å². The Morgan fingerprint density at radius 2 is 1.92 bits per heavy atom. The highest BCUT2D eigenvalue weighted by Gasteiger charge is 2.27. The van der Waals surface area contributed by atoms with Gasteiger partial charge in [-0.15, -0.1) is 11.3 Å². The Hall–Kier alpha value is -1.40. The zero-order valence-corrected chi connectivity index (χ0v) is 15.2. The van der Waals surface area contributed by atoms with Gasteiger partial charge in [0.1, 0.15) is 5.00 Å². The van der Waals surface area contributed by atoms with Gasteiger partial charge < -0.3 is 15.0 Å². The number of rotatable bonds is 6. The fraction of sp³-hybridized carbons (Fsp3) is 0.667. The van der Waals surface area contributed by atoms with Gasteiger partial charge in [-0.05, 0) is 64.1 Å². The summed E-state index contributed by atoms with van der Waals surface area (Å²) in [5, 5.41) is 3.67. The minimum Gasteiger partial charge on any atom is -0.462 e. The highest BCUT2D eigenvalue weighted by Crippen LogP contribution is 2.38. The van der Waals surface area contributed by atoms with Gasteiger partial charge in [0.05, 0.1) is 12.2 Å². The summed E-state index contributed by atoms with van der Waals surface area (Å²) in [6.45, 7) is 5.14. The summed E-state index contributed by atoms with van der Waals surface area (Å²) in [4.78, 5) is 28.3. The summed E-state index contributed by atoms with van der Waals surface area (Å²) < 4.78 is 5.22. The second-order valence-corrected chi connectivity index (χ2v) is 7.59. The lowest BCUT2D eigenvalue weighted by Gasteiger charge is -2.14. The molecule has 2 aliphatic rings. The standard InChI is InChI=1S/C18H26N2O3S/c1-2-23-18(22)16-13-7-3-4-8-14(13)24-17(16)19-15(21)9-12-20-10-5-6-11-20/h2-12H2,1H3,(H,19,21). The third-order valence-electron chi connectivity index (χ3n) is 4.76. The molecule has 1 fully saturated rings. The zero-order valence-electron chi connectivity index (χ0n) is 14.4. The molecule has 6 heteroatoms. The topological polar surface area (TPSA) is 58.6 Å². The number of likely N-dealkylation sites (tertiary alicyclic amines) is 1. The third-order valence-corrected chi connectivity index (χ3v) is 5.96. The van der Waals surface area contributed by atoms with Gasteiger partial charge >= 0.3 is 5.97 Å². The first kappa shape index (κ1) is 17.4. The van der Waals surface area contributed by atoms with Crippen molar-refractivity contribution < 1.29 is 14.3 Å². The highest BCUT2D eigenvalue weighted by molar-refractivity contribution is 7.17. The largest absolute Gasteiger partial charge is 0.462 e. The first-order chi connectivity index (χ1) is 11.7. The predicted molar refractivity (Wildman–Crippen MR) is 95.8 cm³/mol. The number of carbonyl (C=O) groups excluding carboxylic acids is 2. The van der Waals surface area contributed by atoms with Crippen LogP contribution in [-0.4, -0.2) is 43.0 Å². The molecule has 1 aromatic heterocycles. The molecule has 1 aliphatic heterocycles. The molecule has 2 heterocycles. The zero-order chi connectivity index (χ0) is 16.9. The van der Waals surface area contributed by atoms with E-state index >= 15 is 0 Å². The summed E-state index contributed by atoms with van der Waals surface area (Å²) in [6.07, 6.45) is 7.08. The van der Waals surface area contributed by atoms with Crippen molar-refractivity contribution in [3.8, 4) is 0 Å². The maximum atomic E-state index is 12.4. The van der Waals surface area contributed by atoms with Crippen LogP contribution in [0, 0.1) is 0 Å². The van der Waals surface area contributed by atoms with Crippen molar-refractivity contribution in [1.29, 1.82) is 0 Å². The first-order valence-corrected chi connectivity index (χ1v) is 9.84. The molecule has 5 nitrogen and oxygen atoms in total. The van der Waals surface area contributed by atoms with Crippen LogP contribution in [0.5, 0.6) is 0 Å². The number of carbonyl (C=O) groups is 2. The van der Waals surface area contributed by atoms with Crippen LogP contribution in [0.2, 0.25) is 0 Å². The smallest absolute Gasteiger partial charge is 0.341 e. The van der Waals surface area contributed by atoms with Gasteiger partial charge in [0.25, 0.3) is 0 Å². The molecule has 0 radical (unpaired) electrons. The number of hydrogen-bond acceptors (Lipinski definition) is 5. The van der Waals surface area contributed by atoms with Crippen LogP contribution in [0.1, 0.15) is 59.8 Å². The molecule has 1 aliphatic carbocycles. The van der Waals surface area contributed by atoms with Crippen LogP contribution in [0.4, 0.5) is 5.00 Å².